The number of carbonyl (C=O) groups excluding carboxylic acids is 1. The highest BCUT2D eigenvalue weighted by atomic mass is 16.5. The molecule has 0 spiro atoms. The minimum absolute atomic E-state index is 0.00242. The van der Waals surface area contributed by atoms with E-state index in [0.29, 0.717) is 25.4 Å². The summed E-state index contributed by atoms with van der Waals surface area (Å²) >= 11 is 0. The van der Waals surface area contributed by atoms with Gasteiger partial charge in [-0.3, -0.25) is 9.59 Å². The van der Waals surface area contributed by atoms with Crippen molar-refractivity contribution < 1.29 is 19.4 Å². The van der Waals surface area contributed by atoms with Crippen LogP contribution in [0.1, 0.15) is 6.92 Å². The first-order chi connectivity index (χ1) is 9.63. The summed E-state index contributed by atoms with van der Waals surface area (Å²) < 4.78 is 5.12. The average molecular weight is 280 g/mol. The fraction of sp³-hybridized carbons (Fsp3) is 0.429. The van der Waals surface area contributed by atoms with E-state index in [0.717, 1.165) is 0 Å². The van der Waals surface area contributed by atoms with E-state index < -0.39 is 5.97 Å². The summed E-state index contributed by atoms with van der Waals surface area (Å²) in [4.78, 5) is 24.2. The maximum atomic E-state index is 11.8. The number of nitrogens with zero attached hydrogens (tertiary/aromatic N) is 1. The van der Waals surface area contributed by atoms with Gasteiger partial charge >= 0.3 is 5.97 Å². The van der Waals surface area contributed by atoms with Gasteiger partial charge in [0.1, 0.15) is 6.54 Å². The van der Waals surface area contributed by atoms with E-state index in [1.165, 1.54) is 4.90 Å². The topological polar surface area (TPSA) is 78.9 Å². The molecule has 0 aromatic heterocycles. The average Bonchev–Trinajstić information content (AvgIpc) is 2.43. The van der Waals surface area contributed by atoms with E-state index in [1.807, 2.05) is 13.0 Å². The summed E-state index contributed by atoms with van der Waals surface area (Å²) in [6.45, 7) is 3.14. The molecular formula is C14H20N2O4. The number of rotatable bonds is 9. The van der Waals surface area contributed by atoms with Crippen molar-refractivity contribution in [3.8, 4) is 0 Å². The zero-order chi connectivity index (χ0) is 14.8. The Hall–Kier alpha value is -2.08. The highest BCUT2D eigenvalue weighted by Crippen LogP contribution is 2.12. The number of hydrogen-bond acceptors (Lipinski definition) is 4. The van der Waals surface area contributed by atoms with E-state index in [4.69, 9.17) is 9.84 Å². The number of amides is 1. The zero-order valence-corrected chi connectivity index (χ0v) is 11.5. The summed E-state index contributed by atoms with van der Waals surface area (Å²) in [6, 6.07) is 8.99. The van der Waals surface area contributed by atoms with Crippen LogP contribution in [0, 0.1) is 0 Å². The summed E-state index contributed by atoms with van der Waals surface area (Å²) in [5.74, 6) is -1.20. The van der Waals surface area contributed by atoms with Crippen LogP contribution in [0.3, 0.4) is 0 Å². The van der Waals surface area contributed by atoms with Crippen molar-refractivity contribution in [1.82, 2.24) is 5.32 Å². The normalized spacial score (nSPS) is 10.1. The molecule has 0 fully saturated rings. The molecule has 1 amide bonds. The van der Waals surface area contributed by atoms with Gasteiger partial charge in [-0.2, -0.15) is 0 Å². The molecule has 0 bridgehead atoms. The highest BCUT2D eigenvalue weighted by Gasteiger charge is 2.14. The van der Waals surface area contributed by atoms with Gasteiger partial charge in [-0.15, -0.1) is 0 Å². The van der Waals surface area contributed by atoms with E-state index in [1.54, 1.807) is 24.3 Å². The molecule has 110 valence electrons. The Morgan fingerprint density at radius 1 is 1.25 bits per heavy atom. The molecule has 0 saturated heterocycles. The Bertz CT molecular complexity index is 422. The zero-order valence-electron chi connectivity index (χ0n) is 11.5. The number of anilines is 1. The molecule has 0 aliphatic rings. The number of benzene rings is 1. The van der Waals surface area contributed by atoms with Gasteiger partial charge in [-0.1, -0.05) is 18.2 Å². The third kappa shape index (κ3) is 6.19. The van der Waals surface area contributed by atoms with Crippen molar-refractivity contribution in [2.75, 3.05) is 37.7 Å². The van der Waals surface area contributed by atoms with Crippen LogP contribution in [0.5, 0.6) is 0 Å². The number of hydrogen-bond donors (Lipinski definition) is 2. The monoisotopic (exact) mass is 280 g/mol. The van der Waals surface area contributed by atoms with E-state index in [-0.39, 0.29) is 19.0 Å². The Balaban J connectivity index is 2.52. The first-order valence-corrected chi connectivity index (χ1v) is 6.49. The number of nitrogens with one attached hydrogen (secondary N) is 1. The third-order valence-electron chi connectivity index (χ3n) is 2.55. The van der Waals surface area contributed by atoms with Crippen molar-refractivity contribution in [3.63, 3.8) is 0 Å². The molecular weight excluding hydrogens is 260 g/mol. The first-order valence-electron chi connectivity index (χ1n) is 6.49. The van der Waals surface area contributed by atoms with Crippen molar-refractivity contribution in [2.24, 2.45) is 0 Å². The van der Waals surface area contributed by atoms with Crippen LogP contribution in [-0.4, -0.2) is 49.8 Å². The fourth-order valence-electron chi connectivity index (χ4n) is 1.68. The standard InChI is InChI=1S/C14H20N2O4/c1-2-20-9-8-15-13(17)10-16(11-14(18)19)12-6-4-3-5-7-12/h3-7H,2,8-11H2,1H3,(H,15,17)(H,18,19). The van der Waals surface area contributed by atoms with Crippen molar-refractivity contribution >= 4 is 17.6 Å². The largest absolute Gasteiger partial charge is 0.480 e. The van der Waals surface area contributed by atoms with Crippen LogP contribution in [-0.2, 0) is 14.3 Å². The fourth-order valence-corrected chi connectivity index (χ4v) is 1.68. The molecule has 1 rings (SSSR count). The lowest BCUT2D eigenvalue weighted by atomic mass is 10.3. The van der Waals surface area contributed by atoms with Crippen LogP contribution >= 0.6 is 0 Å². The second-order valence-electron chi connectivity index (χ2n) is 4.13. The Morgan fingerprint density at radius 2 is 1.95 bits per heavy atom. The Morgan fingerprint density at radius 3 is 2.55 bits per heavy atom. The van der Waals surface area contributed by atoms with Gasteiger partial charge < -0.3 is 20.1 Å². The predicted octanol–water partition coefficient (Wildman–Crippen LogP) is 0.730. The van der Waals surface area contributed by atoms with Crippen LogP contribution in [0.2, 0.25) is 0 Å². The van der Waals surface area contributed by atoms with Crippen molar-refractivity contribution in [2.45, 2.75) is 6.92 Å². The van der Waals surface area contributed by atoms with E-state index in [9.17, 15) is 9.59 Å². The van der Waals surface area contributed by atoms with Crippen LogP contribution in [0.25, 0.3) is 0 Å². The molecule has 6 heteroatoms. The molecule has 20 heavy (non-hydrogen) atoms. The smallest absolute Gasteiger partial charge is 0.323 e. The number of aliphatic carboxylic acids is 1. The second kappa shape index (κ2) is 8.92. The van der Waals surface area contributed by atoms with Crippen LogP contribution in [0.15, 0.2) is 30.3 Å². The lowest BCUT2D eigenvalue weighted by molar-refractivity contribution is -0.135. The number of carbonyl (C=O) groups is 2. The molecule has 2 N–H and O–H groups in total. The van der Waals surface area contributed by atoms with Gasteiger partial charge in [0.2, 0.25) is 5.91 Å². The van der Waals surface area contributed by atoms with Crippen molar-refractivity contribution in [3.05, 3.63) is 30.3 Å². The van der Waals surface area contributed by atoms with Crippen molar-refractivity contribution in [1.29, 1.82) is 0 Å². The number of para-hydroxylation sites is 1. The van der Waals surface area contributed by atoms with E-state index in [2.05, 4.69) is 5.32 Å². The van der Waals surface area contributed by atoms with Gasteiger partial charge in [0.05, 0.1) is 13.2 Å². The number of ether oxygens (including phenoxy) is 1. The molecule has 1 aromatic carbocycles. The summed E-state index contributed by atoms with van der Waals surface area (Å²) in [7, 11) is 0. The third-order valence-corrected chi connectivity index (χ3v) is 2.55. The summed E-state index contributed by atoms with van der Waals surface area (Å²) in [5, 5.41) is 11.6. The molecule has 0 saturated carbocycles. The Labute approximate surface area is 118 Å². The van der Waals surface area contributed by atoms with E-state index >= 15 is 0 Å². The minimum Gasteiger partial charge on any atom is -0.480 e. The highest BCUT2D eigenvalue weighted by molar-refractivity contribution is 5.84. The molecule has 0 atom stereocenters. The molecule has 6 nitrogen and oxygen atoms in total. The summed E-state index contributed by atoms with van der Waals surface area (Å²) in [5.41, 5.74) is 0.704. The van der Waals surface area contributed by atoms with Gasteiger partial charge in [0, 0.05) is 18.8 Å². The molecule has 0 heterocycles. The second-order valence-corrected chi connectivity index (χ2v) is 4.13. The molecule has 0 aliphatic carbocycles. The molecule has 0 radical (unpaired) electrons. The molecule has 0 aliphatic heterocycles. The lowest BCUT2D eigenvalue weighted by Crippen LogP contribution is -2.40. The van der Waals surface area contributed by atoms with Crippen LogP contribution < -0.4 is 10.2 Å². The Kier molecular flexibility index (Phi) is 7.13. The van der Waals surface area contributed by atoms with Gasteiger partial charge in [-0.25, -0.2) is 0 Å². The lowest BCUT2D eigenvalue weighted by Gasteiger charge is -2.22. The quantitative estimate of drug-likeness (QED) is 0.652. The number of carboxylic acids is 1. The predicted molar refractivity (Wildman–Crippen MR) is 75.8 cm³/mol. The molecule has 1 aromatic rings. The minimum atomic E-state index is -0.976. The SMILES string of the molecule is CCOCCNC(=O)CN(CC(=O)O)c1ccccc1. The maximum Gasteiger partial charge on any atom is 0.323 e. The van der Waals surface area contributed by atoms with Gasteiger partial charge in [0.25, 0.3) is 0 Å². The van der Waals surface area contributed by atoms with Gasteiger partial charge in [-0.05, 0) is 19.1 Å². The van der Waals surface area contributed by atoms with Crippen LogP contribution in [0.4, 0.5) is 5.69 Å². The van der Waals surface area contributed by atoms with Gasteiger partial charge in [0.15, 0.2) is 0 Å². The maximum absolute atomic E-state index is 11.8. The summed E-state index contributed by atoms with van der Waals surface area (Å²) in [6.07, 6.45) is 0. The number of carboxylic acid groups (broad SMARTS) is 1. The first kappa shape index (κ1) is 16.0. The molecule has 0 unspecified atom stereocenters.